The van der Waals surface area contributed by atoms with E-state index in [1.165, 1.54) is 4.57 Å². The Bertz CT molecular complexity index is 1480. The smallest absolute Gasteiger partial charge is 0.351 e. The lowest BCUT2D eigenvalue weighted by atomic mass is 10.2. The van der Waals surface area contributed by atoms with E-state index in [1.54, 1.807) is 36.5 Å². The molecule has 41 heavy (non-hydrogen) atoms. The molecule has 0 radical (unpaired) electrons. The molecule has 1 aliphatic heterocycles. The zero-order chi connectivity index (χ0) is 29.0. The Morgan fingerprint density at radius 2 is 1.54 bits per heavy atom. The molecule has 8 nitrogen and oxygen atoms in total. The second kappa shape index (κ2) is 11.9. The number of hydrogen-bond acceptors (Lipinski definition) is 6. The highest BCUT2D eigenvalue weighted by Crippen LogP contribution is 2.41. The number of aliphatic hydroxyl groups is 1. The average molecular weight is 570 g/mol. The quantitative estimate of drug-likeness (QED) is 0.314. The van der Waals surface area contributed by atoms with Gasteiger partial charge >= 0.3 is 5.69 Å². The first kappa shape index (κ1) is 28.6. The van der Waals surface area contributed by atoms with Gasteiger partial charge in [0.2, 0.25) is 0 Å². The first-order chi connectivity index (χ1) is 19.7. The van der Waals surface area contributed by atoms with Gasteiger partial charge < -0.3 is 19.6 Å². The van der Waals surface area contributed by atoms with Crippen LogP contribution in [0.15, 0.2) is 108 Å². The predicted molar refractivity (Wildman–Crippen MR) is 161 cm³/mol. The summed E-state index contributed by atoms with van der Waals surface area (Å²) in [7, 11) is -2.92. The lowest BCUT2D eigenvalue weighted by Crippen LogP contribution is -2.68. The molecule has 1 amide bonds. The third-order valence-electron chi connectivity index (χ3n) is 7.52. The molecular formula is C32H35N3O5Si. The number of benzene rings is 3. The van der Waals surface area contributed by atoms with Crippen LogP contribution in [0.4, 0.5) is 5.82 Å². The number of aliphatic hydroxyl groups excluding tert-OH is 1. The SMILES string of the molecule is CC(C)(C)[Si](O[C@H]1C[C@H](n2ccc(NC(=O)c3ccccc3)nc2=O)O[C@@H]1CO)(c1ccccc1)c1ccccc1. The van der Waals surface area contributed by atoms with Crippen molar-refractivity contribution >= 4 is 30.4 Å². The Morgan fingerprint density at radius 3 is 2.05 bits per heavy atom. The minimum Gasteiger partial charge on any atom is -0.402 e. The Kier molecular flexibility index (Phi) is 8.32. The van der Waals surface area contributed by atoms with Crippen molar-refractivity contribution in [1.29, 1.82) is 0 Å². The summed E-state index contributed by atoms with van der Waals surface area (Å²) in [5.41, 5.74) is -0.102. The first-order valence-electron chi connectivity index (χ1n) is 13.7. The number of nitrogens with zero attached hydrogens (tertiary/aromatic N) is 2. The molecule has 0 spiro atoms. The number of anilines is 1. The van der Waals surface area contributed by atoms with Crippen LogP contribution in [-0.4, -0.2) is 47.7 Å². The number of hydrogen-bond donors (Lipinski definition) is 2. The first-order valence-corrected chi connectivity index (χ1v) is 15.6. The number of aromatic nitrogens is 2. The van der Waals surface area contributed by atoms with Gasteiger partial charge in [-0.2, -0.15) is 4.98 Å². The summed E-state index contributed by atoms with van der Waals surface area (Å²) in [6.45, 7) is 6.32. The van der Waals surface area contributed by atoms with Crippen molar-refractivity contribution in [3.63, 3.8) is 0 Å². The van der Waals surface area contributed by atoms with E-state index in [1.807, 2.05) is 42.5 Å². The normalized spacial score (nSPS) is 19.2. The van der Waals surface area contributed by atoms with E-state index in [4.69, 9.17) is 9.16 Å². The average Bonchev–Trinajstić information content (AvgIpc) is 3.39. The Balaban J connectivity index is 1.43. The topological polar surface area (TPSA) is 103 Å². The monoisotopic (exact) mass is 569 g/mol. The van der Waals surface area contributed by atoms with Crippen LogP contribution >= 0.6 is 0 Å². The maximum atomic E-state index is 13.1. The maximum Gasteiger partial charge on any atom is 0.351 e. The van der Waals surface area contributed by atoms with E-state index in [9.17, 15) is 14.7 Å². The van der Waals surface area contributed by atoms with E-state index in [-0.39, 0.29) is 23.4 Å². The van der Waals surface area contributed by atoms with Gasteiger partial charge in [-0.3, -0.25) is 9.36 Å². The molecule has 0 aliphatic carbocycles. The van der Waals surface area contributed by atoms with E-state index in [2.05, 4.69) is 55.3 Å². The third kappa shape index (κ3) is 5.80. The van der Waals surface area contributed by atoms with E-state index in [0.717, 1.165) is 10.4 Å². The molecule has 0 bridgehead atoms. The van der Waals surface area contributed by atoms with Crippen LogP contribution < -0.4 is 21.4 Å². The lowest BCUT2D eigenvalue weighted by molar-refractivity contribution is -0.0433. The molecule has 1 fully saturated rings. The van der Waals surface area contributed by atoms with Crippen molar-refractivity contribution in [2.24, 2.45) is 0 Å². The van der Waals surface area contributed by atoms with Gasteiger partial charge in [0.25, 0.3) is 14.2 Å². The Hall–Kier alpha value is -3.89. The van der Waals surface area contributed by atoms with Gasteiger partial charge in [0.05, 0.1) is 12.7 Å². The minimum absolute atomic E-state index is 0.150. The second-order valence-corrected chi connectivity index (χ2v) is 15.4. The molecule has 3 aromatic carbocycles. The van der Waals surface area contributed by atoms with Crippen molar-refractivity contribution in [2.75, 3.05) is 11.9 Å². The highest BCUT2D eigenvalue weighted by Gasteiger charge is 2.53. The van der Waals surface area contributed by atoms with Crippen LogP contribution in [0.3, 0.4) is 0 Å². The molecule has 1 aliphatic rings. The molecule has 0 unspecified atom stereocenters. The third-order valence-corrected chi connectivity index (χ3v) is 12.6. The molecule has 5 rings (SSSR count). The molecule has 1 aromatic heterocycles. The van der Waals surface area contributed by atoms with Crippen molar-refractivity contribution in [3.05, 3.63) is 119 Å². The summed E-state index contributed by atoms with van der Waals surface area (Å²) in [6.07, 6.45) is 0.119. The standard InChI is InChI=1S/C32H35N3O5Si/c1-32(2,3)41(24-15-9-5-10-16-24,25-17-11-6-12-18-25)40-26-21-29(39-27(26)22-36)35-20-19-28(34-31(35)38)33-30(37)23-13-7-4-8-14-23/h4-20,26-27,29,36H,21-22H2,1-3H3,(H,33,34,37,38)/t26-,27+,29+/m0/s1. The van der Waals surface area contributed by atoms with Crippen LogP contribution in [0, 0.1) is 0 Å². The summed E-state index contributed by atoms with van der Waals surface area (Å²) < 4.78 is 14.8. The van der Waals surface area contributed by atoms with Crippen molar-refractivity contribution < 1.29 is 19.1 Å². The highest BCUT2D eigenvalue weighted by molar-refractivity contribution is 6.99. The summed E-state index contributed by atoms with van der Waals surface area (Å²) in [4.78, 5) is 29.6. The molecule has 2 heterocycles. The fraction of sp³-hybridized carbons (Fsp3) is 0.281. The van der Waals surface area contributed by atoms with Gasteiger partial charge in [-0.15, -0.1) is 0 Å². The zero-order valence-corrected chi connectivity index (χ0v) is 24.4. The fourth-order valence-electron chi connectivity index (χ4n) is 5.56. The number of ether oxygens (including phenoxy) is 1. The van der Waals surface area contributed by atoms with Crippen LogP contribution in [-0.2, 0) is 9.16 Å². The maximum absolute atomic E-state index is 13.1. The highest BCUT2D eigenvalue weighted by atomic mass is 28.4. The lowest BCUT2D eigenvalue weighted by Gasteiger charge is -2.45. The van der Waals surface area contributed by atoms with Crippen LogP contribution in [0.1, 0.15) is 43.8 Å². The molecule has 2 N–H and O–H groups in total. The van der Waals surface area contributed by atoms with Gasteiger partial charge in [-0.1, -0.05) is 99.6 Å². The number of nitrogens with one attached hydrogen (secondary N) is 1. The zero-order valence-electron chi connectivity index (χ0n) is 23.4. The molecular weight excluding hydrogens is 534 g/mol. The van der Waals surface area contributed by atoms with Crippen LogP contribution in [0.5, 0.6) is 0 Å². The van der Waals surface area contributed by atoms with Gasteiger partial charge in [0.15, 0.2) is 0 Å². The van der Waals surface area contributed by atoms with Crippen molar-refractivity contribution in [3.8, 4) is 0 Å². The summed E-state index contributed by atoms with van der Waals surface area (Å²) in [5.74, 6) is -0.205. The van der Waals surface area contributed by atoms with Gasteiger partial charge in [0.1, 0.15) is 18.1 Å². The predicted octanol–water partition coefficient (Wildman–Crippen LogP) is 3.72. The summed E-state index contributed by atoms with van der Waals surface area (Å²) in [5, 5.41) is 15.0. The van der Waals surface area contributed by atoms with Crippen LogP contribution in [0.25, 0.3) is 0 Å². The second-order valence-electron chi connectivity index (χ2n) is 11.2. The Labute approximate surface area is 240 Å². The fourth-order valence-corrected chi connectivity index (χ4v) is 10.3. The number of carbonyl (C=O) groups is 1. The molecule has 9 heteroatoms. The van der Waals surface area contributed by atoms with Crippen molar-refractivity contribution in [2.45, 2.75) is 50.7 Å². The molecule has 3 atom stereocenters. The van der Waals surface area contributed by atoms with Crippen LogP contribution in [0.2, 0.25) is 5.04 Å². The molecule has 0 saturated carbocycles. The number of amides is 1. The van der Waals surface area contributed by atoms with Gasteiger partial charge in [-0.05, 0) is 33.6 Å². The molecule has 1 saturated heterocycles. The largest absolute Gasteiger partial charge is 0.402 e. The van der Waals surface area contributed by atoms with Gasteiger partial charge in [-0.25, -0.2) is 4.79 Å². The van der Waals surface area contributed by atoms with Gasteiger partial charge in [0, 0.05) is 18.2 Å². The minimum atomic E-state index is -2.92. The van der Waals surface area contributed by atoms with E-state index >= 15 is 0 Å². The molecule has 212 valence electrons. The van der Waals surface area contributed by atoms with Crippen molar-refractivity contribution in [1.82, 2.24) is 9.55 Å². The number of carbonyl (C=O) groups excluding carboxylic acids is 1. The van der Waals surface area contributed by atoms with E-state index in [0.29, 0.717) is 12.0 Å². The molecule has 4 aromatic rings. The van der Waals surface area contributed by atoms with E-state index < -0.39 is 32.4 Å². The summed E-state index contributed by atoms with van der Waals surface area (Å²) in [6, 6.07) is 30.8. The number of rotatable bonds is 8. The Morgan fingerprint density at radius 1 is 0.976 bits per heavy atom. The summed E-state index contributed by atoms with van der Waals surface area (Å²) >= 11 is 0.